The summed E-state index contributed by atoms with van der Waals surface area (Å²) in [4.78, 5) is 8.79. The van der Waals surface area contributed by atoms with E-state index in [9.17, 15) is 27.1 Å². The summed E-state index contributed by atoms with van der Waals surface area (Å²) in [5.74, 6) is -1.96. The van der Waals surface area contributed by atoms with Gasteiger partial charge in [-0.05, 0) is 29.7 Å². The monoisotopic (exact) mass is 518 g/mol. The van der Waals surface area contributed by atoms with E-state index in [1.165, 1.54) is 30.9 Å². The number of aromatic nitrogens is 6. The first-order valence-corrected chi connectivity index (χ1v) is 11.4. The number of hydrogen-bond donors (Lipinski definition) is 1. The van der Waals surface area contributed by atoms with E-state index in [1.807, 2.05) is 20.8 Å². The Balaban J connectivity index is 1.65. The van der Waals surface area contributed by atoms with Crippen LogP contribution >= 0.6 is 0 Å². The van der Waals surface area contributed by atoms with Crippen LogP contribution in [0, 0.1) is 11.6 Å². The molecule has 1 N–H and O–H groups in total. The molecule has 3 heterocycles. The van der Waals surface area contributed by atoms with Crippen molar-refractivity contribution in [3.63, 3.8) is 0 Å². The van der Waals surface area contributed by atoms with Crippen molar-refractivity contribution in [1.29, 1.82) is 0 Å². The highest BCUT2D eigenvalue weighted by molar-refractivity contribution is 5.62. The number of aliphatic hydroxyl groups excluding tert-OH is 1. The quantitative estimate of drug-likeness (QED) is 0.335. The van der Waals surface area contributed by atoms with Gasteiger partial charge in [0.05, 0.1) is 47.3 Å². The lowest BCUT2D eigenvalue weighted by Gasteiger charge is -2.18. The molecule has 2 atom stereocenters. The van der Waals surface area contributed by atoms with Gasteiger partial charge in [-0.15, -0.1) is 0 Å². The first-order valence-electron chi connectivity index (χ1n) is 11.4. The first-order chi connectivity index (χ1) is 17.5. The second-order valence-electron chi connectivity index (χ2n) is 8.88. The molecule has 4 aromatic rings. The summed E-state index contributed by atoms with van der Waals surface area (Å²) in [5, 5.41) is 21.5. The molecule has 7 nitrogen and oxygen atoms in total. The minimum atomic E-state index is -4.76. The van der Waals surface area contributed by atoms with Crippen molar-refractivity contribution < 1.29 is 27.1 Å². The summed E-state index contributed by atoms with van der Waals surface area (Å²) in [7, 11) is 0. The normalized spacial score (nSPS) is 13.7. The van der Waals surface area contributed by atoms with Crippen LogP contribution < -0.4 is 0 Å². The van der Waals surface area contributed by atoms with Crippen molar-refractivity contribution in [1.82, 2.24) is 29.9 Å². The molecule has 0 saturated heterocycles. The van der Waals surface area contributed by atoms with Gasteiger partial charge in [-0.2, -0.15) is 28.5 Å². The number of nitrogens with zero attached hydrogens (tertiary/aromatic N) is 6. The molecule has 0 aliphatic heterocycles. The van der Waals surface area contributed by atoms with E-state index in [0.717, 1.165) is 22.4 Å². The van der Waals surface area contributed by atoms with Crippen LogP contribution in [0.1, 0.15) is 49.6 Å². The van der Waals surface area contributed by atoms with Gasteiger partial charge in [0.25, 0.3) is 0 Å². The molecule has 0 bridgehead atoms. The van der Waals surface area contributed by atoms with Crippen LogP contribution in [0.4, 0.5) is 22.0 Å². The van der Waals surface area contributed by atoms with E-state index in [2.05, 4.69) is 25.3 Å². The van der Waals surface area contributed by atoms with Gasteiger partial charge in [0.15, 0.2) is 6.10 Å². The zero-order valence-corrected chi connectivity index (χ0v) is 20.1. The zero-order valence-electron chi connectivity index (χ0n) is 20.1. The Morgan fingerprint density at radius 2 is 1.68 bits per heavy atom. The Morgan fingerprint density at radius 1 is 0.973 bits per heavy atom. The van der Waals surface area contributed by atoms with E-state index in [0.29, 0.717) is 22.6 Å². The third-order valence-corrected chi connectivity index (χ3v) is 5.87. The van der Waals surface area contributed by atoms with Gasteiger partial charge in [-0.1, -0.05) is 26.8 Å². The van der Waals surface area contributed by atoms with E-state index >= 15 is 0 Å². The highest BCUT2D eigenvalue weighted by atomic mass is 19.4. The molecule has 0 aliphatic carbocycles. The fraction of sp³-hybridized carbons (Fsp3) is 0.320. The average Bonchev–Trinajstić information content (AvgIpc) is 3.31. The number of alkyl halides is 3. The van der Waals surface area contributed by atoms with Crippen molar-refractivity contribution in [2.75, 3.05) is 0 Å². The molecule has 0 spiro atoms. The second-order valence-corrected chi connectivity index (χ2v) is 8.88. The van der Waals surface area contributed by atoms with Crippen LogP contribution in [0.3, 0.4) is 0 Å². The van der Waals surface area contributed by atoms with Gasteiger partial charge in [0.1, 0.15) is 11.6 Å². The number of hydrogen-bond acceptors (Lipinski definition) is 6. The summed E-state index contributed by atoms with van der Waals surface area (Å²) in [5.41, 5.74) is 2.36. The van der Waals surface area contributed by atoms with Gasteiger partial charge in [-0.25, -0.2) is 13.8 Å². The van der Waals surface area contributed by atoms with Crippen molar-refractivity contribution >= 4 is 0 Å². The van der Waals surface area contributed by atoms with Gasteiger partial charge in [0.2, 0.25) is 0 Å². The third kappa shape index (κ3) is 5.63. The van der Waals surface area contributed by atoms with Gasteiger partial charge in [-0.3, -0.25) is 9.67 Å². The van der Waals surface area contributed by atoms with Crippen molar-refractivity contribution in [3.05, 3.63) is 77.6 Å². The maximum absolute atomic E-state index is 14.3. The Labute approximate surface area is 209 Å². The van der Waals surface area contributed by atoms with Crippen LogP contribution in [-0.2, 0) is 6.54 Å². The lowest BCUT2D eigenvalue weighted by molar-refractivity contribution is -0.208. The fourth-order valence-electron chi connectivity index (χ4n) is 3.82. The molecule has 37 heavy (non-hydrogen) atoms. The van der Waals surface area contributed by atoms with E-state index < -0.39 is 36.4 Å². The molecule has 0 radical (unpaired) electrons. The molecular weight excluding hydrogens is 495 g/mol. The predicted octanol–water partition coefficient (Wildman–Crippen LogP) is 5.27. The Bertz CT molecular complexity index is 1380. The predicted molar refractivity (Wildman–Crippen MR) is 124 cm³/mol. The van der Waals surface area contributed by atoms with Crippen LogP contribution in [-0.4, -0.2) is 47.3 Å². The van der Waals surface area contributed by atoms with Crippen LogP contribution in [0.5, 0.6) is 0 Å². The molecule has 1 aromatic carbocycles. The molecule has 0 saturated carbocycles. The highest BCUT2D eigenvalue weighted by Crippen LogP contribution is 2.33. The minimum Gasteiger partial charge on any atom is -0.382 e. The summed E-state index contributed by atoms with van der Waals surface area (Å²) in [6, 6.07) is 5.19. The lowest BCUT2D eigenvalue weighted by Crippen LogP contribution is -2.32. The molecule has 12 heteroatoms. The highest BCUT2D eigenvalue weighted by Gasteiger charge is 2.38. The summed E-state index contributed by atoms with van der Waals surface area (Å²) < 4.78 is 67.6. The Morgan fingerprint density at radius 3 is 2.32 bits per heavy atom. The average molecular weight is 518 g/mol. The van der Waals surface area contributed by atoms with E-state index in [1.54, 1.807) is 6.07 Å². The molecule has 194 valence electrons. The molecule has 4 rings (SSSR count). The van der Waals surface area contributed by atoms with Crippen LogP contribution in [0.2, 0.25) is 0 Å². The molecule has 0 amide bonds. The van der Waals surface area contributed by atoms with Gasteiger partial charge < -0.3 is 5.11 Å². The number of rotatable bonds is 7. The van der Waals surface area contributed by atoms with Gasteiger partial charge in [0, 0.05) is 23.9 Å². The maximum Gasteiger partial charge on any atom is 0.416 e. The lowest BCUT2D eigenvalue weighted by atomic mass is 9.92. The Kier molecular flexibility index (Phi) is 7.30. The summed E-state index contributed by atoms with van der Waals surface area (Å²) >= 11 is 0. The number of benzene rings is 1. The molecule has 0 fully saturated rings. The largest absolute Gasteiger partial charge is 0.416 e. The molecule has 0 aliphatic rings. The maximum atomic E-state index is 14.3. The summed E-state index contributed by atoms with van der Waals surface area (Å²) in [6.45, 7) is 4.91. The van der Waals surface area contributed by atoms with E-state index in [-0.39, 0.29) is 17.2 Å². The van der Waals surface area contributed by atoms with Crippen molar-refractivity contribution in [2.45, 2.75) is 51.4 Å². The fourth-order valence-corrected chi connectivity index (χ4v) is 3.82. The molecule has 2 unspecified atom stereocenters. The van der Waals surface area contributed by atoms with Crippen molar-refractivity contribution in [3.8, 4) is 22.5 Å². The van der Waals surface area contributed by atoms with Crippen LogP contribution in [0.15, 0.2) is 49.1 Å². The molecule has 3 aromatic heterocycles. The Hall–Kier alpha value is -3.80. The second kappa shape index (κ2) is 10.3. The van der Waals surface area contributed by atoms with Gasteiger partial charge >= 0.3 is 6.18 Å². The number of aliphatic hydroxyl groups is 1. The van der Waals surface area contributed by atoms with Crippen molar-refractivity contribution in [2.24, 2.45) is 0 Å². The smallest absolute Gasteiger partial charge is 0.382 e. The number of halogens is 5. The van der Waals surface area contributed by atoms with E-state index in [4.69, 9.17) is 0 Å². The first kappa shape index (κ1) is 26.3. The standard InChI is InChI=1S/C25H23F5N6O/c1-13(2)16-7-19(23-17(26)5-4-6-18(23)27)34-35-24(16)14(3)20-9-31-10-21(33-20)15-8-32-36(11-15)12-22(37)25(28,29)30/h4-11,13-14,22,37H,12H2,1-3H3. The third-order valence-electron chi connectivity index (χ3n) is 5.87. The van der Waals surface area contributed by atoms with Crippen LogP contribution in [0.25, 0.3) is 22.5 Å². The minimum absolute atomic E-state index is 0.0593. The zero-order chi connectivity index (χ0) is 26.9. The summed E-state index contributed by atoms with van der Waals surface area (Å²) in [6.07, 6.45) is -1.67. The molecular formula is C25H23F5N6O. The topological polar surface area (TPSA) is 89.6 Å². The SMILES string of the molecule is CC(C)c1cc(-c2c(F)cccc2F)nnc1C(C)c1cncc(-c2cnn(CC(O)C(F)(F)F)c2)n1.